The molecule has 0 saturated carbocycles. The molecule has 19 heavy (non-hydrogen) atoms. The molecule has 0 aromatic carbocycles. The second-order valence-electron chi connectivity index (χ2n) is 5.07. The highest BCUT2D eigenvalue weighted by Crippen LogP contribution is 2.21. The Bertz CT molecular complexity index is 575. The van der Waals surface area contributed by atoms with Gasteiger partial charge in [-0.25, -0.2) is 17.9 Å². The molecule has 0 radical (unpaired) electrons. The molecule has 0 fully saturated rings. The maximum Gasteiger partial charge on any atom is 0.357 e. The number of nitrogens with one attached hydrogen (secondary N) is 2. The summed E-state index contributed by atoms with van der Waals surface area (Å²) in [6, 6.07) is 0. The average Bonchev–Trinajstić information content (AvgIpc) is 2.58. The third kappa shape index (κ3) is 3.54. The van der Waals surface area contributed by atoms with Gasteiger partial charge in [0.1, 0.15) is 4.90 Å². The monoisotopic (exact) mass is 289 g/mol. The van der Waals surface area contributed by atoms with Crippen molar-refractivity contribution in [3.8, 4) is 0 Å². The molecule has 1 rings (SSSR count). The van der Waals surface area contributed by atoms with Gasteiger partial charge in [-0.3, -0.25) is 5.10 Å². The fourth-order valence-electron chi connectivity index (χ4n) is 1.98. The first kappa shape index (κ1) is 15.6. The molecule has 0 aliphatic carbocycles. The van der Waals surface area contributed by atoms with Crippen molar-refractivity contribution in [3.05, 3.63) is 11.4 Å². The second-order valence-corrected chi connectivity index (χ2v) is 6.69. The number of rotatable bonds is 6. The van der Waals surface area contributed by atoms with Crippen LogP contribution >= 0.6 is 0 Å². The van der Waals surface area contributed by atoms with Crippen molar-refractivity contribution in [1.82, 2.24) is 14.9 Å². The summed E-state index contributed by atoms with van der Waals surface area (Å²) >= 11 is 0. The van der Waals surface area contributed by atoms with Crippen molar-refractivity contribution in [3.63, 3.8) is 0 Å². The molecular formula is C11H19N3O4S. The van der Waals surface area contributed by atoms with Gasteiger partial charge in [-0.15, -0.1) is 0 Å². The molecule has 0 bridgehead atoms. The van der Waals surface area contributed by atoms with Gasteiger partial charge in [0, 0.05) is 5.54 Å². The van der Waals surface area contributed by atoms with Gasteiger partial charge in [-0.2, -0.15) is 5.10 Å². The highest BCUT2D eigenvalue weighted by molar-refractivity contribution is 7.89. The number of aromatic amines is 1. The summed E-state index contributed by atoms with van der Waals surface area (Å²) in [4.78, 5) is 10.7. The molecule has 3 N–H and O–H groups in total. The Morgan fingerprint density at radius 3 is 2.53 bits per heavy atom. The van der Waals surface area contributed by atoms with Crippen LogP contribution in [0.1, 0.15) is 49.8 Å². The molecule has 0 aliphatic rings. The van der Waals surface area contributed by atoms with Crippen molar-refractivity contribution in [2.45, 2.75) is 51.0 Å². The van der Waals surface area contributed by atoms with E-state index in [0.717, 1.165) is 6.42 Å². The molecule has 0 spiro atoms. The van der Waals surface area contributed by atoms with E-state index in [1.807, 2.05) is 6.92 Å². The fourth-order valence-corrected chi connectivity index (χ4v) is 3.75. The van der Waals surface area contributed by atoms with E-state index in [1.165, 1.54) is 6.92 Å². The SMILES string of the molecule is CCCC(C)(C)NS(=O)(=O)c1c(C(=O)O)n[nH]c1C. The summed E-state index contributed by atoms with van der Waals surface area (Å²) in [5, 5.41) is 14.9. The van der Waals surface area contributed by atoms with Crippen LogP contribution in [0.25, 0.3) is 0 Å². The number of carboxylic acids is 1. The lowest BCUT2D eigenvalue weighted by atomic mass is 10.0. The minimum atomic E-state index is -3.93. The van der Waals surface area contributed by atoms with Crippen molar-refractivity contribution < 1.29 is 18.3 Å². The first-order valence-corrected chi connectivity index (χ1v) is 7.41. The summed E-state index contributed by atoms with van der Waals surface area (Å²) in [6.45, 7) is 6.93. The van der Waals surface area contributed by atoms with Crippen molar-refractivity contribution in [2.24, 2.45) is 0 Å². The van der Waals surface area contributed by atoms with Gasteiger partial charge in [-0.1, -0.05) is 13.3 Å². The largest absolute Gasteiger partial charge is 0.476 e. The zero-order valence-electron chi connectivity index (χ0n) is 11.4. The van der Waals surface area contributed by atoms with Crippen LogP contribution in [0.5, 0.6) is 0 Å². The number of aromatic nitrogens is 2. The molecule has 8 heteroatoms. The van der Waals surface area contributed by atoms with Gasteiger partial charge in [0.25, 0.3) is 0 Å². The topological polar surface area (TPSA) is 112 Å². The van der Waals surface area contributed by atoms with Gasteiger partial charge >= 0.3 is 5.97 Å². The number of nitrogens with zero attached hydrogens (tertiary/aromatic N) is 1. The van der Waals surface area contributed by atoms with E-state index in [4.69, 9.17) is 5.11 Å². The van der Waals surface area contributed by atoms with Crippen LogP contribution in [-0.2, 0) is 10.0 Å². The van der Waals surface area contributed by atoms with E-state index in [-0.39, 0.29) is 10.6 Å². The second kappa shape index (κ2) is 5.30. The fraction of sp³-hybridized carbons (Fsp3) is 0.636. The Morgan fingerprint density at radius 2 is 2.05 bits per heavy atom. The maximum atomic E-state index is 12.3. The molecule has 0 unspecified atom stereocenters. The van der Waals surface area contributed by atoms with Gasteiger partial charge in [0.05, 0.1) is 5.69 Å². The Morgan fingerprint density at radius 1 is 1.47 bits per heavy atom. The Labute approximate surface area is 112 Å². The van der Waals surface area contributed by atoms with E-state index in [9.17, 15) is 13.2 Å². The summed E-state index contributed by atoms with van der Waals surface area (Å²) in [7, 11) is -3.93. The van der Waals surface area contributed by atoms with Crippen molar-refractivity contribution >= 4 is 16.0 Å². The van der Waals surface area contributed by atoms with Crippen LogP contribution in [-0.4, -0.2) is 35.2 Å². The zero-order valence-corrected chi connectivity index (χ0v) is 12.3. The normalized spacial score (nSPS) is 12.6. The predicted molar refractivity (Wildman–Crippen MR) is 69.6 cm³/mol. The molecule has 7 nitrogen and oxygen atoms in total. The van der Waals surface area contributed by atoms with Crippen molar-refractivity contribution in [1.29, 1.82) is 0 Å². The molecule has 0 saturated heterocycles. The zero-order chi connectivity index (χ0) is 14.8. The molecule has 0 amide bonds. The summed E-state index contributed by atoms with van der Waals surface area (Å²) in [5.41, 5.74) is -0.929. The lowest BCUT2D eigenvalue weighted by molar-refractivity contribution is 0.0686. The van der Waals surface area contributed by atoms with Gasteiger partial charge in [0.15, 0.2) is 5.69 Å². The highest BCUT2D eigenvalue weighted by Gasteiger charge is 2.32. The Balaban J connectivity index is 3.22. The minimum Gasteiger partial charge on any atom is -0.476 e. The number of hydrogen-bond acceptors (Lipinski definition) is 4. The third-order valence-corrected chi connectivity index (χ3v) is 4.51. The van der Waals surface area contributed by atoms with Gasteiger partial charge < -0.3 is 5.11 Å². The minimum absolute atomic E-state index is 0.206. The molecular weight excluding hydrogens is 270 g/mol. The van der Waals surface area contributed by atoms with Crippen LogP contribution in [0.2, 0.25) is 0 Å². The van der Waals surface area contributed by atoms with Gasteiger partial charge in [0.2, 0.25) is 10.0 Å². The number of carbonyl (C=O) groups is 1. The van der Waals surface area contributed by atoms with E-state index in [2.05, 4.69) is 14.9 Å². The van der Waals surface area contributed by atoms with Crippen LogP contribution in [0.4, 0.5) is 0 Å². The average molecular weight is 289 g/mol. The molecule has 0 aliphatic heterocycles. The van der Waals surface area contributed by atoms with Crippen molar-refractivity contribution in [2.75, 3.05) is 0 Å². The van der Waals surface area contributed by atoms with E-state index in [1.54, 1.807) is 13.8 Å². The van der Waals surface area contributed by atoms with E-state index in [0.29, 0.717) is 6.42 Å². The molecule has 0 atom stereocenters. The summed E-state index contributed by atoms with van der Waals surface area (Å²) < 4.78 is 27.1. The molecule has 108 valence electrons. The van der Waals surface area contributed by atoms with Crippen LogP contribution in [0.3, 0.4) is 0 Å². The van der Waals surface area contributed by atoms with Crippen LogP contribution in [0.15, 0.2) is 4.90 Å². The number of sulfonamides is 1. The van der Waals surface area contributed by atoms with E-state index < -0.39 is 27.2 Å². The number of H-pyrrole nitrogens is 1. The van der Waals surface area contributed by atoms with Gasteiger partial charge in [-0.05, 0) is 27.2 Å². The lowest BCUT2D eigenvalue weighted by Crippen LogP contribution is -2.43. The maximum absolute atomic E-state index is 12.3. The predicted octanol–water partition coefficient (Wildman–Crippen LogP) is 1.27. The number of aromatic carboxylic acids is 1. The van der Waals surface area contributed by atoms with Crippen LogP contribution < -0.4 is 4.72 Å². The molecule has 1 aromatic heterocycles. The number of carboxylic acid groups (broad SMARTS) is 1. The molecule has 1 aromatic rings. The number of hydrogen-bond donors (Lipinski definition) is 3. The summed E-state index contributed by atoms with van der Waals surface area (Å²) in [6.07, 6.45) is 1.46. The standard InChI is InChI=1S/C11H19N3O4S/c1-5-6-11(3,4)14-19(17,18)9-7(2)12-13-8(9)10(15)16/h14H,5-6H2,1-4H3,(H,12,13)(H,15,16). The lowest BCUT2D eigenvalue weighted by Gasteiger charge is -2.25. The Hall–Kier alpha value is -1.41. The third-order valence-electron chi connectivity index (χ3n) is 2.65. The highest BCUT2D eigenvalue weighted by atomic mass is 32.2. The first-order chi connectivity index (χ1) is 8.60. The van der Waals surface area contributed by atoms with E-state index >= 15 is 0 Å². The number of aryl methyl sites for hydroxylation is 1. The Kier molecular flexibility index (Phi) is 4.36. The summed E-state index contributed by atoms with van der Waals surface area (Å²) in [5.74, 6) is -1.38. The quantitative estimate of drug-likeness (QED) is 0.730. The molecule has 1 heterocycles. The van der Waals surface area contributed by atoms with Crippen LogP contribution in [0, 0.1) is 6.92 Å². The smallest absolute Gasteiger partial charge is 0.357 e. The first-order valence-electron chi connectivity index (χ1n) is 5.93.